The summed E-state index contributed by atoms with van der Waals surface area (Å²) in [5.74, 6) is 0.795. The first-order chi connectivity index (χ1) is 29.7. The maximum atomic E-state index is 12.7. The molecule has 8 aromatic rings. The Hall–Kier alpha value is -6.32. The number of benzene rings is 2. The number of pyridine rings is 4. The minimum absolute atomic E-state index is 0. The van der Waals surface area contributed by atoms with E-state index in [-0.39, 0.29) is 31.2 Å². The molecule has 0 aliphatic carbocycles. The Kier molecular flexibility index (Phi) is 16.4. The molecule has 0 bridgehead atoms. The van der Waals surface area contributed by atoms with Crippen LogP contribution in [-0.2, 0) is 45.0 Å². The first-order valence-corrected chi connectivity index (χ1v) is 19.7. The second-order valence-electron chi connectivity index (χ2n) is 15.0. The predicted octanol–water partition coefficient (Wildman–Crippen LogP) is 12.1. The second-order valence-corrected chi connectivity index (χ2v) is 15.0. The van der Waals surface area contributed by atoms with Gasteiger partial charge in [0.15, 0.2) is 0 Å². The molecule has 0 unspecified atom stereocenters. The fourth-order valence-electron chi connectivity index (χ4n) is 6.39. The fraction of sp³-hybridized carbons (Fsp3) is 0.208. The topological polar surface area (TPSA) is 106 Å². The van der Waals surface area contributed by atoms with E-state index >= 15 is 0 Å². The zero-order chi connectivity index (χ0) is 44.3. The Morgan fingerprint density at radius 3 is 1.13 bits per heavy atom. The van der Waals surface area contributed by atoms with Crippen molar-refractivity contribution in [1.29, 1.82) is 0 Å². The summed E-state index contributed by atoms with van der Waals surface area (Å²) in [6.45, 7) is 8.38. The van der Waals surface area contributed by atoms with Crippen molar-refractivity contribution in [3.05, 3.63) is 169 Å². The summed E-state index contributed by atoms with van der Waals surface area (Å²) < 4.78 is 76.4. The smallest absolute Gasteiger partial charge is 0.573 e. The molecule has 0 aliphatic rings. The molecule has 6 aromatic heterocycles. The van der Waals surface area contributed by atoms with Crippen LogP contribution in [0.25, 0.3) is 56.4 Å². The maximum absolute atomic E-state index is 12.7. The van der Waals surface area contributed by atoms with Crippen molar-refractivity contribution >= 4 is 0 Å². The molecule has 0 atom stereocenters. The van der Waals surface area contributed by atoms with Gasteiger partial charge >= 0.3 is 32.1 Å². The minimum atomic E-state index is -4.50. The SMILES string of the molecule is CC(C)Cc1cc(-c2cc(C(F)(F)F)n[n-]2)ncc1-c1ccccc1.CC(C)Cc1cc(-c2cc(C(F)(F)F)n[n-]2)ncc1-c1ccccc1.[Os+2].c1ccc(-c2ccccn2)nc1. The van der Waals surface area contributed by atoms with Gasteiger partial charge in [0.05, 0.1) is 11.4 Å². The Balaban J connectivity index is 0.000000187. The van der Waals surface area contributed by atoms with Crippen molar-refractivity contribution < 1.29 is 46.1 Å². The summed E-state index contributed by atoms with van der Waals surface area (Å²) in [6.07, 6.45) is -0.491. The third-order valence-electron chi connectivity index (χ3n) is 9.18. The first kappa shape index (κ1) is 47.7. The molecular formula is C48H42F6N8Os. The molecule has 8 nitrogen and oxygen atoms in total. The number of halogens is 6. The van der Waals surface area contributed by atoms with Crippen LogP contribution in [0.5, 0.6) is 0 Å². The first-order valence-electron chi connectivity index (χ1n) is 19.7. The number of hydrogen-bond donors (Lipinski definition) is 0. The van der Waals surface area contributed by atoms with E-state index in [2.05, 4.69) is 68.0 Å². The molecule has 0 fully saturated rings. The third-order valence-corrected chi connectivity index (χ3v) is 9.18. The van der Waals surface area contributed by atoms with Crippen molar-refractivity contribution in [3.8, 4) is 56.4 Å². The van der Waals surface area contributed by atoms with Gasteiger partial charge in [-0.3, -0.25) is 19.9 Å². The van der Waals surface area contributed by atoms with Crippen LogP contribution in [0.2, 0.25) is 0 Å². The van der Waals surface area contributed by atoms with Crippen molar-refractivity contribution in [2.75, 3.05) is 0 Å². The van der Waals surface area contributed by atoms with Crippen molar-refractivity contribution in [2.24, 2.45) is 11.8 Å². The van der Waals surface area contributed by atoms with E-state index in [1.165, 1.54) is 0 Å². The Labute approximate surface area is 374 Å². The van der Waals surface area contributed by atoms with E-state index in [1.807, 2.05) is 109 Å². The summed E-state index contributed by atoms with van der Waals surface area (Å²) in [5, 5.41) is 13.7. The maximum Gasteiger partial charge on any atom is 2.00 e. The number of nitrogens with zero attached hydrogens (tertiary/aromatic N) is 8. The molecule has 0 spiro atoms. The normalized spacial score (nSPS) is 11.3. The van der Waals surface area contributed by atoms with E-state index in [4.69, 9.17) is 0 Å². The Morgan fingerprint density at radius 2 is 0.825 bits per heavy atom. The van der Waals surface area contributed by atoms with Crippen LogP contribution in [0.4, 0.5) is 26.3 Å². The van der Waals surface area contributed by atoms with E-state index < -0.39 is 23.7 Å². The molecule has 0 aliphatic heterocycles. The van der Waals surface area contributed by atoms with Crippen LogP contribution in [0, 0.1) is 11.8 Å². The standard InChI is InChI=1S/2C19H17F3N3.C10H8N2.Os/c2*1-12(2)8-14-9-16(17-10-18(25-24-17)19(20,21)22)23-11-15(14)13-6-4-3-5-7-13;1-3-7-11-9(5-1)10-6-2-4-8-12-10;/h2*3-7,9-12H,8H2,1-2H3;1-8H;/q2*-1;;+2. The molecule has 0 N–H and O–H groups in total. The molecule has 324 valence electrons. The van der Waals surface area contributed by atoms with Gasteiger partial charge in [0.2, 0.25) is 0 Å². The molecular weight excluding hydrogens is 993 g/mol. The van der Waals surface area contributed by atoms with Crippen LogP contribution in [0.3, 0.4) is 0 Å². The molecule has 0 amide bonds. The molecule has 63 heavy (non-hydrogen) atoms. The summed E-state index contributed by atoms with van der Waals surface area (Å²) in [6, 6.07) is 36.7. The average Bonchev–Trinajstić information content (AvgIpc) is 3.98. The quantitative estimate of drug-likeness (QED) is 0.132. The van der Waals surface area contributed by atoms with Crippen molar-refractivity contribution in [1.82, 2.24) is 40.3 Å². The summed E-state index contributed by atoms with van der Waals surface area (Å²) in [5.41, 5.74) is 6.99. The van der Waals surface area contributed by atoms with E-state index in [9.17, 15) is 26.3 Å². The van der Waals surface area contributed by atoms with Gasteiger partial charge in [-0.25, -0.2) is 0 Å². The van der Waals surface area contributed by atoms with Gasteiger partial charge in [-0.15, -0.1) is 0 Å². The van der Waals surface area contributed by atoms with Gasteiger partial charge in [0.1, 0.15) is 11.4 Å². The van der Waals surface area contributed by atoms with Crippen molar-refractivity contribution in [2.45, 2.75) is 52.9 Å². The van der Waals surface area contributed by atoms with Crippen LogP contribution in [-0.4, -0.2) is 30.1 Å². The van der Waals surface area contributed by atoms with E-state index in [1.54, 1.807) is 24.8 Å². The third kappa shape index (κ3) is 13.3. The zero-order valence-electron chi connectivity index (χ0n) is 34.6. The molecule has 15 heteroatoms. The fourth-order valence-corrected chi connectivity index (χ4v) is 6.39. The number of hydrogen-bond acceptors (Lipinski definition) is 6. The van der Waals surface area contributed by atoms with Gasteiger partial charge in [-0.05, 0) is 95.5 Å². The summed E-state index contributed by atoms with van der Waals surface area (Å²) in [7, 11) is 0. The van der Waals surface area contributed by atoms with Gasteiger partial charge in [0, 0.05) is 47.3 Å². The van der Waals surface area contributed by atoms with Gasteiger partial charge < -0.3 is 20.4 Å². The van der Waals surface area contributed by atoms with Crippen molar-refractivity contribution in [3.63, 3.8) is 0 Å². The minimum Gasteiger partial charge on any atom is -0.573 e. The Morgan fingerprint density at radius 1 is 0.460 bits per heavy atom. The van der Waals surface area contributed by atoms with Gasteiger partial charge in [0.25, 0.3) is 0 Å². The summed E-state index contributed by atoms with van der Waals surface area (Å²) in [4.78, 5) is 17.0. The van der Waals surface area contributed by atoms with E-state index in [0.29, 0.717) is 23.2 Å². The van der Waals surface area contributed by atoms with Gasteiger partial charge in [-0.1, -0.05) is 112 Å². The van der Waals surface area contributed by atoms with E-state index in [0.717, 1.165) is 69.7 Å². The monoisotopic (exact) mass is 1040 g/mol. The molecule has 8 rings (SSSR count). The van der Waals surface area contributed by atoms with Crippen LogP contribution < -0.4 is 10.2 Å². The number of alkyl halides is 6. The zero-order valence-corrected chi connectivity index (χ0v) is 37.2. The summed E-state index contributed by atoms with van der Waals surface area (Å²) >= 11 is 0. The largest absolute Gasteiger partial charge is 2.00 e. The molecule has 0 saturated heterocycles. The Bertz CT molecular complexity index is 2430. The molecule has 0 radical (unpaired) electrons. The second kappa shape index (κ2) is 21.7. The molecule has 0 saturated carbocycles. The number of aromatic nitrogens is 8. The van der Waals surface area contributed by atoms with Crippen LogP contribution >= 0.6 is 0 Å². The predicted molar refractivity (Wildman–Crippen MR) is 227 cm³/mol. The average molecular weight is 1040 g/mol. The van der Waals surface area contributed by atoms with Crippen LogP contribution in [0.1, 0.15) is 50.2 Å². The molecule has 2 aromatic carbocycles. The molecule has 6 heterocycles. The number of rotatable bonds is 9. The van der Waals surface area contributed by atoms with Gasteiger partial charge in [-0.2, -0.15) is 26.3 Å². The van der Waals surface area contributed by atoms with Crippen LogP contribution in [0.15, 0.2) is 146 Å².